The third-order valence-electron chi connectivity index (χ3n) is 6.75. The molecule has 1 unspecified atom stereocenters. The van der Waals surface area contributed by atoms with Crippen molar-refractivity contribution in [3.63, 3.8) is 0 Å². The number of unbranched alkanes of at least 4 members (excludes halogenated alkanes) is 3. The number of nitrogens with zero attached hydrogens (tertiary/aromatic N) is 1. The van der Waals surface area contributed by atoms with Crippen molar-refractivity contribution in [1.82, 2.24) is 4.57 Å². The van der Waals surface area contributed by atoms with E-state index < -0.39 is 5.97 Å². The topological polar surface area (TPSA) is 42.2 Å². The lowest BCUT2D eigenvalue weighted by Crippen LogP contribution is -2.12. The van der Waals surface area contributed by atoms with Crippen LogP contribution in [-0.4, -0.2) is 15.6 Å². The predicted molar refractivity (Wildman–Crippen MR) is 123 cm³/mol. The molecule has 1 aromatic heterocycles. The van der Waals surface area contributed by atoms with Crippen LogP contribution in [0.1, 0.15) is 79.0 Å². The molecular formula is C27H32FNO2. The largest absolute Gasteiger partial charge is 0.478 e. The molecule has 0 fully saturated rings. The van der Waals surface area contributed by atoms with Crippen LogP contribution in [0.2, 0.25) is 0 Å². The Morgan fingerprint density at radius 2 is 2.00 bits per heavy atom. The third kappa shape index (κ3) is 4.68. The lowest BCUT2D eigenvalue weighted by Gasteiger charge is -2.18. The van der Waals surface area contributed by atoms with E-state index >= 15 is 0 Å². The number of hydrogen-bond donors (Lipinski definition) is 1. The molecule has 31 heavy (non-hydrogen) atoms. The van der Waals surface area contributed by atoms with Crippen LogP contribution in [0, 0.1) is 11.7 Å². The Morgan fingerprint density at radius 1 is 1.16 bits per heavy atom. The van der Waals surface area contributed by atoms with E-state index in [9.17, 15) is 14.3 Å². The van der Waals surface area contributed by atoms with Crippen molar-refractivity contribution < 1.29 is 14.3 Å². The molecule has 0 radical (unpaired) electrons. The van der Waals surface area contributed by atoms with Gasteiger partial charge in [-0.15, -0.1) is 0 Å². The number of fused-ring (bicyclic) bond motifs is 3. The molecule has 0 saturated carbocycles. The van der Waals surface area contributed by atoms with Gasteiger partial charge in [0.25, 0.3) is 0 Å². The van der Waals surface area contributed by atoms with Gasteiger partial charge in [-0.05, 0) is 60.9 Å². The lowest BCUT2D eigenvalue weighted by molar-refractivity contribution is 0.0698. The zero-order chi connectivity index (χ0) is 21.8. The van der Waals surface area contributed by atoms with Crippen molar-refractivity contribution in [1.29, 1.82) is 0 Å². The average molecular weight is 422 g/mol. The fourth-order valence-electron chi connectivity index (χ4n) is 5.26. The van der Waals surface area contributed by atoms with Crippen molar-refractivity contribution in [2.45, 2.75) is 71.3 Å². The zero-order valence-electron chi connectivity index (χ0n) is 18.4. The predicted octanol–water partition coefficient (Wildman–Crippen LogP) is 6.99. The summed E-state index contributed by atoms with van der Waals surface area (Å²) < 4.78 is 16.1. The molecule has 4 heteroatoms. The Balaban J connectivity index is 1.77. The van der Waals surface area contributed by atoms with Crippen molar-refractivity contribution in [2.24, 2.45) is 5.92 Å². The molecule has 4 rings (SSSR count). The minimum absolute atomic E-state index is 0.257. The highest BCUT2D eigenvalue weighted by Gasteiger charge is 2.26. The highest BCUT2D eigenvalue weighted by Crippen LogP contribution is 2.37. The van der Waals surface area contributed by atoms with E-state index in [1.54, 1.807) is 18.2 Å². The molecule has 3 aromatic rings. The van der Waals surface area contributed by atoms with E-state index in [2.05, 4.69) is 17.6 Å². The van der Waals surface area contributed by atoms with Gasteiger partial charge in [-0.1, -0.05) is 63.3 Å². The molecule has 0 spiro atoms. The zero-order valence-corrected chi connectivity index (χ0v) is 18.4. The molecule has 0 bridgehead atoms. The maximum absolute atomic E-state index is 13.9. The Morgan fingerprint density at radius 3 is 2.77 bits per heavy atom. The van der Waals surface area contributed by atoms with Crippen LogP contribution in [0.3, 0.4) is 0 Å². The quantitative estimate of drug-likeness (QED) is 0.314. The summed E-state index contributed by atoms with van der Waals surface area (Å²) in [7, 11) is 0. The summed E-state index contributed by atoms with van der Waals surface area (Å²) in [5.74, 6) is -0.538. The molecule has 164 valence electrons. The Bertz CT molecular complexity index is 1070. The first-order valence-electron chi connectivity index (χ1n) is 11.7. The average Bonchev–Trinajstić information content (AvgIpc) is 2.90. The monoisotopic (exact) mass is 421 g/mol. The van der Waals surface area contributed by atoms with Crippen LogP contribution in [0.4, 0.5) is 4.39 Å². The summed E-state index contributed by atoms with van der Waals surface area (Å²) in [6, 6.07) is 12.3. The van der Waals surface area contributed by atoms with Crippen LogP contribution >= 0.6 is 0 Å². The second-order valence-electron chi connectivity index (χ2n) is 8.96. The number of hydrogen-bond acceptors (Lipinski definition) is 1. The molecule has 1 atom stereocenters. The van der Waals surface area contributed by atoms with Crippen LogP contribution in [0.25, 0.3) is 10.9 Å². The second kappa shape index (κ2) is 9.67. The smallest absolute Gasteiger partial charge is 0.337 e. The van der Waals surface area contributed by atoms with Gasteiger partial charge in [0.1, 0.15) is 5.82 Å². The summed E-state index contributed by atoms with van der Waals surface area (Å²) >= 11 is 0. The first kappa shape index (κ1) is 21.6. The van der Waals surface area contributed by atoms with E-state index in [1.807, 2.05) is 12.1 Å². The Labute approximate surface area is 183 Å². The molecule has 1 heterocycles. The molecule has 3 nitrogen and oxygen atoms in total. The Kier molecular flexibility index (Phi) is 6.74. The van der Waals surface area contributed by atoms with Gasteiger partial charge in [0.2, 0.25) is 0 Å². The van der Waals surface area contributed by atoms with Crippen molar-refractivity contribution in [3.05, 3.63) is 70.7 Å². The number of carboxylic acid groups (broad SMARTS) is 1. The van der Waals surface area contributed by atoms with Gasteiger partial charge >= 0.3 is 5.97 Å². The van der Waals surface area contributed by atoms with Crippen LogP contribution < -0.4 is 0 Å². The van der Waals surface area contributed by atoms with Gasteiger partial charge in [0, 0.05) is 17.6 Å². The highest BCUT2D eigenvalue weighted by molar-refractivity contribution is 6.04. The van der Waals surface area contributed by atoms with Gasteiger partial charge in [-0.3, -0.25) is 0 Å². The van der Waals surface area contributed by atoms with E-state index in [4.69, 9.17) is 0 Å². The van der Waals surface area contributed by atoms with Crippen LogP contribution in [0.5, 0.6) is 0 Å². The number of rotatable bonds is 8. The number of aryl methyl sites for hydroxylation is 1. The standard InChI is InChI=1S/C27H32FNO2/c1-2-3-4-5-9-19-10-7-13-22-23-14-8-15-24(27(30)31)26(23)29(25(22)17-19)18-20-11-6-12-21(28)16-20/h6,8,11-12,14-16,19H,2-5,7,9-10,13,17-18H2,1H3,(H,30,31). The van der Waals surface area contributed by atoms with E-state index in [1.165, 1.54) is 55.8 Å². The van der Waals surface area contributed by atoms with Gasteiger partial charge in [-0.2, -0.15) is 0 Å². The number of benzene rings is 2. The fourth-order valence-corrected chi connectivity index (χ4v) is 5.26. The summed E-state index contributed by atoms with van der Waals surface area (Å²) in [5.41, 5.74) is 4.54. The van der Waals surface area contributed by atoms with Crippen molar-refractivity contribution in [3.8, 4) is 0 Å². The number of carboxylic acids is 1. The molecule has 2 aromatic carbocycles. The molecule has 1 N–H and O–H groups in total. The van der Waals surface area contributed by atoms with E-state index in [0.29, 0.717) is 18.0 Å². The molecule has 0 amide bonds. The van der Waals surface area contributed by atoms with Gasteiger partial charge < -0.3 is 9.67 Å². The summed E-state index contributed by atoms with van der Waals surface area (Å²) in [5, 5.41) is 10.9. The third-order valence-corrected chi connectivity index (χ3v) is 6.75. The number of aromatic nitrogens is 1. The molecule has 1 aliphatic rings. The molecule has 1 aliphatic carbocycles. The van der Waals surface area contributed by atoms with Gasteiger partial charge in [0.15, 0.2) is 0 Å². The fraction of sp³-hybridized carbons (Fsp3) is 0.444. The van der Waals surface area contributed by atoms with E-state index in [-0.39, 0.29) is 5.82 Å². The molecule has 0 saturated heterocycles. The van der Waals surface area contributed by atoms with Crippen molar-refractivity contribution in [2.75, 3.05) is 0 Å². The number of aromatic carboxylic acids is 1. The summed E-state index contributed by atoms with van der Waals surface area (Å²) in [6.45, 7) is 2.74. The summed E-state index contributed by atoms with van der Waals surface area (Å²) in [6.07, 6.45) is 10.6. The molecule has 0 aliphatic heterocycles. The second-order valence-corrected chi connectivity index (χ2v) is 8.96. The first-order chi connectivity index (χ1) is 15.1. The van der Waals surface area contributed by atoms with Crippen LogP contribution in [0.15, 0.2) is 42.5 Å². The first-order valence-corrected chi connectivity index (χ1v) is 11.7. The molecular weight excluding hydrogens is 389 g/mol. The maximum Gasteiger partial charge on any atom is 0.337 e. The number of halogens is 1. The minimum Gasteiger partial charge on any atom is -0.478 e. The maximum atomic E-state index is 13.9. The van der Waals surface area contributed by atoms with E-state index in [0.717, 1.165) is 35.7 Å². The van der Waals surface area contributed by atoms with Gasteiger partial charge in [0.05, 0.1) is 11.1 Å². The highest BCUT2D eigenvalue weighted by atomic mass is 19.1. The normalized spacial score (nSPS) is 16.3. The van der Waals surface area contributed by atoms with Crippen molar-refractivity contribution >= 4 is 16.9 Å². The van der Waals surface area contributed by atoms with Gasteiger partial charge in [-0.25, -0.2) is 9.18 Å². The summed E-state index contributed by atoms with van der Waals surface area (Å²) in [4.78, 5) is 12.0. The minimum atomic E-state index is -0.908. The Hall–Kier alpha value is -2.62. The number of carbonyl (C=O) groups is 1. The SMILES string of the molecule is CCCCCCC1CCCc2c(n(Cc3cccc(F)c3)c3c(C(=O)O)cccc23)C1. The number of para-hydroxylation sites is 1. The lowest BCUT2D eigenvalue weighted by atomic mass is 9.93. The van der Waals surface area contributed by atoms with Crippen LogP contribution in [-0.2, 0) is 19.4 Å².